The van der Waals surface area contributed by atoms with E-state index in [-0.39, 0.29) is 18.9 Å². The minimum atomic E-state index is -0.159. The van der Waals surface area contributed by atoms with Crippen LogP contribution in [0.3, 0.4) is 0 Å². The first-order chi connectivity index (χ1) is 17.1. The Kier molecular flexibility index (Phi) is 5.30. The van der Waals surface area contributed by atoms with Gasteiger partial charge in [-0.15, -0.1) is 0 Å². The van der Waals surface area contributed by atoms with Gasteiger partial charge in [0.1, 0.15) is 11.8 Å². The van der Waals surface area contributed by atoms with Crippen molar-refractivity contribution in [3.8, 4) is 22.9 Å². The largest absolute Gasteiger partial charge is 0.497 e. The molecule has 8 heteroatoms. The Labute approximate surface area is 208 Å². The maximum Gasteiger partial charge on any atom is 0.231 e. The quantitative estimate of drug-likeness (QED) is 0.396. The third-order valence-electron chi connectivity index (χ3n) is 6.47. The number of aromatic nitrogens is 2. The van der Waals surface area contributed by atoms with Crippen LogP contribution >= 0.6 is 12.2 Å². The molecular formula is C27H24N4O3S. The van der Waals surface area contributed by atoms with Gasteiger partial charge in [-0.1, -0.05) is 6.07 Å². The molecule has 2 aliphatic heterocycles. The van der Waals surface area contributed by atoms with Crippen LogP contribution < -0.4 is 24.4 Å². The Hall–Kier alpha value is -4.04. The van der Waals surface area contributed by atoms with Gasteiger partial charge in [0.25, 0.3) is 0 Å². The molecule has 0 radical (unpaired) electrons. The predicted octanol–water partition coefficient (Wildman–Crippen LogP) is 5.10. The van der Waals surface area contributed by atoms with E-state index in [9.17, 15) is 0 Å². The van der Waals surface area contributed by atoms with E-state index in [0.29, 0.717) is 10.9 Å². The molecule has 1 N–H and O–H groups in total. The molecule has 0 saturated carbocycles. The summed E-state index contributed by atoms with van der Waals surface area (Å²) in [7, 11) is 1.67. The van der Waals surface area contributed by atoms with Crippen LogP contribution in [0.4, 0.5) is 5.69 Å². The van der Waals surface area contributed by atoms with Crippen molar-refractivity contribution in [1.82, 2.24) is 14.9 Å². The number of benzene rings is 2. The zero-order chi connectivity index (χ0) is 23.9. The molecule has 1 fully saturated rings. The highest BCUT2D eigenvalue weighted by molar-refractivity contribution is 7.80. The molecule has 2 unspecified atom stereocenters. The Morgan fingerprint density at radius 2 is 1.77 bits per heavy atom. The van der Waals surface area contributed by atoms with Crippen LogP contribution in [-0.2, 0) is 0 Å². The van der Waals surface area contributed by atoms with E-state index in [1.807, 2.05) is 54.7 Å². The number of hydrogen-bond acceptors (Lipinski definition) is 5. The fourth-order valence-corrected chi connectivity index (χ4v) is 5.19. The number of rotatable bonds is 5. The number of hydrogen-bond donors (Lipinski definition) is 1. The first-order valence-electron chi connectivity index (χ1n) is 11.4. The van der Waals surface area contributed by atoms with Crippen molar-refractivity contribution in [3.63, 3.8) is 0 Å². The second-order valence-corrected chi connectivity index (χ2v) is 8.85. The van der Waals surface area contributed by atoms with Gasteiger partial charge in [-0.05, 0) is 79.8 Å². The van der Waals surface area contributed by atoms with E-state index in [4.69, 9.17) is 26.4 Å². The van der Waals surface area contributed by atoms with E-state index in [1.54, 1.807) is 7.11 Å². The summed E-state index contributed by atoms with van der Waals surface area (Å²) >= 11 is 5.89. The normalized spacial score (nSPS) is 18.6. The van der Waals surface area contributed by atoms with Crippen molar-refractivity contribution in [2.75, 3.05) is 18.8 Å². The summed E-state index contributed by atoms with van der Waals surface area (Å²) in [6, 6.07) is 24.0. The van der Waals surface area contributed by atoms with Gasteiger partial charge in [0.2, 0.25) is 6.79 Å². The van der Waals surface area contributed by atoms with Crippen LogP contribution in [0.25, 0.3) is 5.69 Å². The van der Waals surface area contributed by atoms with Crippen molar-refractivity contribution in [3.05, 3.63) is 96.1 Å². The first kappa shape index (κ1) is 21.5. The summed E-state index contributed by atoms with van der Waals surface area (Å²) in [5.74, 6) is 2.27. The molecule has 2 aromatic heterocycles. The van der Waals surface area contributed by atoms with Crippen molar-refractivity contribution in [2.24, 2.45) is 0 Å². The second-order valence-electron chi connectivity index (χ2n) is 8.47. The highest BCUT2D eigenvalue weighted by Crippen LogP contribution is 2.45. The van der Waals surface area contributed by atoms with Crippen molar-refractivity contribution in [2.45, 2.75) is 19.0 Å². The number of nitrogens with one attached hydrogen (secondary N) is 1. The average Bonchev–Trinajstić information content (AvgIpc) is 3.60. The van der Waals surface area contributed by atoms with Crippen LogP contribution in [0, 0.1) is 6.92 Å². The third kappa shape index (κ3) is 3.66. The standard InChI is InChI=1S/C27H24N4O3S/c1-17-6-12-22(30(17)18-7-10-20(32-2)11-8-18)26-25(21-5-3-4-14-28-21)29-27(35)31(26)19-9-13-23-24(15-19)34-16-33-23/h3-15,25-26H,16H2,1-2H3,(H,29,35). The SMILES string of the molecule is COc1ccc(-n2c(C)ccc2C2C(c3ccccn3)NC(=S)N2c2ccc3c(c2)OCO3)cc1. The lowest BCUT2D eigenvalue weighted by atomic mass is 10.0. The molecule has 35 heavy (non-hydrogen) atoms. The third-order valence-corrected chi connectivity index (χ3v) is 6.79. The molecule has 4 aromatic rings. The van der Waals surface area contributed by atoms with E-state index >= 15 is 0 Å². The monoisotopic (exact) mass is 484 g/mol. The lowest BCUT2D eigenvalue weighted by molar-refractivity contribution is 0.174. The summed E-state index contributed by atoms with van der Waals surface area (Å²) in [6.07, 6.45) is 1.81. The zero-order valence-electron chi connectivity index (χ0n) is 19.3. The number of nitrogens with zero attached hydrogens (tertiary/aromatic N) is 3. The molecule has 0 aliphatic carbocycles. The summed E-state index contributed by atoms with van der Waals surface area (Å²) in [6.45, 7) is 2.33. The molecule has 4 heterocycles. The molecule has 2 aliphatic rings. The molecule has 2 atom stereocenters. The summed E-state index contributed by atoms with van der Waals surface area (Å²) < 4.78 is 18.8. The highest BCUT2D eigenvalue weighted by Gasteiger charge is 2.42. The topological polar surface area (TPSA) is 60.8 Å². The molecule has 1 saturated heterocycles. The number of anilines is 1. The number of methoxy groups -OCH3 is 1. The van der Waals surface area contributed by atoms with Crippen LogP contribution in [0.15, 0.2) is 79.0 Å². The van der Waals surface area contributed by atoms with Gasteiger partial charge in [-0.3, -0.25) is 4.98 Å². The summed E-state index contributed by atoms with van der Waals surface area (Å²) in [5.41, 5.74) is 5.10. The van der Waals surface area contributed by atoms with E-state index in [2.05, 4.69) is 51.0 Å². The van der Waals surface area contributed by atoms with Gasteiger partial charge in [0.15, 0.2) is 16.6 Å². The lowest BCUT2D eigenvalue weighted by Crippen LogP contribution is -2.30. The summed E-state index contributed by atoms with van der Waals surface area (Å²) in [5, 5.41) is 4.16. The Morgan fingerprint density at radius 1 is 0.971 bits per heavy atom. The van der Waals surface area contributed by atoms with Crippen molar-refractivity contribution >= 4 is 23.0 Å². The highest BCUT2D eigenvalue weighted by atomic mass is 32.1. The maximum atomic E-state index is 5.89. The van der Waals surface area contributed by atoms with Gasteiger partial charge in [0, 0.05) is 35.0 Å². The van der Waals surface area contributed by atoms with E-state index in [1.165, 1.54) is 0 Å². The van der Waals surface area contributed by atoms with Gasteiger partial charge in [-0.25, -0.2) is 0 Å². The lowest BCUT2D eigenvalue weighted by Gasteiger charge is -2.29. The second kappa shape index (κ2) is 8.63. The van der Waals surface area contributed by atoms with E-state index < -0.39 is 0 Å². The Balaban J connectivity index is 1.51. The molecule has 0 amide bonds. The molecule has 7 nitrogen and oxygen atoms in total. The fraction of sp³-hybridized carbons (Fsp3) is 0.185. The number of pyridine rings is 1. The van der Waals surface area contributed by atoms with Gasteiger partial charge >= 0.3 is 0 Å². The number of fused-ring (bicyclic) bond motifs is 1. The predicted molar refractivity (Wildman–Crippen MR) is 138 cm³/mol. The van der Waals surface area contributed by atoms with Crippen molar-refractivity contribution in [1.29, 1.82) is 0 Å². The Morgan fingerprint density at radius 3 is 2.54 bits per heavy atom. The minimum Gasteiger partial charge on any atom is -0.497 e. The molecule has 2 aromatic carbocycles. The zero-order valence-corrected chi connectivity index (χ0v) is 20.2. The maximum absolute atomic E-state index is 5.89. The number of aryl methyl sites for hydroxylation is 1. The van der Waals surface area contributed by atoms with Crippen LogP contribution in [0.2, 0.25) is 0 Å². The molecular weight excluding hydrogens is 460 g/mol. The van der Waals surface area contributed by atoms with Crippen LogP contribution in [-0.4, -0.2) is 28.6 Å². The molecule has 6 rings (SSSR count). The average molecular weight is 485 g/mol. The smallest absolute Gasteiger partial charge is 0.231 e. The van der Waals surface area contributed by atoms with Gasteiger partial charge < -0.3 is 29.0 Å². The van der Waals surface area contributed by atoms with Crippen LogP contribution in [0.5, 0.6) is 17.2 Å². The number of thiocarbonyl (C=S) groups is 1. The molecule has 0 bridgehead atoms. The Bertz CT molecular complexity index is 1390. The van der Waals surface area contributed by atoms with E-state index in [0.717, 1.165) is 40.0 Å². The summed E-state index contributed by atoms with van der Waals surface area (Å²) in [4.78, 5) is 6.81. The molecule has 176 valence electrons. The van der Waals surface area contributed by atoms with Gasteiger partial charge in [-0.2, -0.15) is 0 Å². The fourth-order valence-electron chi connectivity index (χ4n) is 4.84. The van der Waals surface area contributed by atoms with Crippen LogP contribution in [0.1, 0.15) is 29.2 Å². The number of ether oxygens (including phenoxy) is 3. The minimum absolute atomic E-state index is 0.152. The molecule has 0 spiro atoms. The first-order valence-corrected chi connectivity index (χ1v) is 11.8. The van der Waals surface area contributed by atoms with Gasteiger partial charge in [0.05, 0.1) is 18.8 Å². The van der Waals surface area contributed by atoms with Crippen molar-refractivity contribution < 1.29 is 14.2 Å².